The van der Waals surface area contributed by atoms with Gasteiger partial charge >= 0.3 is 6.18 Å². The number of alkyl halides is 3. The first-order chi connectivity index (χ1) is 13.8. The van der Waals surface area contributed by atoms with Gasteiger partial charge in [-0.15, -0.1) is 0 Å². The molecule has 6 heteroatoms. The molecule has 29 heavy (non-hydrogen) atoms. The molecule has 0 radical (unpaired) electrons. The quantitative estimate of drug-likeness (QED) is 0.812. The van der Waals surface area contributed by atoms with Gasteiger partial charge in [-0.05, 0) is 48.9 Å². The summed E-state index contributed by atoms with van der Waals surface area (Å²) in [6.45, 7) is 0.0210. The number of halogens is 3. The molecule has 2 aliphatic heterocycles. The van der Waals surface area contributed by atoms with Gasteiger partial charge in [-0.3, -0.25) is 4.79 Å². The average Bonchev–Trinajstić information content (AvgIpc) is 3.25. The number of carbonyl (C=O) groups is 1. The van der Waals surface area contributed by atoms with Crippen molar-refractivity contribution in [2.75, 3.05) is 6.61 Å². The number of amides is 1. The van der Waals surface area contributed by atoms with Crippen LogP contribution in [0.25, 0.3) is 0 Å². The lowest BCUT2D eigenvalue weighted by Crippen LogP contribution is -2.44. The summed E-state index contributed by atoms with van der Waals surface area (Å²) in [4.78, 5) is 14.9. The van der Waals surface area contributed by atoms with Crippen LogP contribution in [0.1, 0.15) is 36.0 Å². The fraction of sp³-hybridized carbons (Fsp3) is 0.435. The molecule has 2 aromatic rings. The minimum atomic E-state index is -4.38. The molecule has 1 N–H and O–H groups in total. The molecule has 3 nitrogen and oxygen atoms in total. The SMILES string of the molecule is O=C(Cc1ccc(C(F)(F)F)cc1)N1[C@H]2CC[C@@H]1[C@@](CO)(Cc1ccccc1)C2. The Morgan fingerprint density at radius 2 is 1.72 bits per heavy atom. The summed E-state index contributed by atoms with van der Waals surface area (Å²) >= 11 is 0. The number of aliphatic hydroxyl groups excluding tert-OH is 1. The first-order valence-corrected chi connectivity index (χ1v) is 9.94. The van der Waals surface area contributed by atoms with E-state index in [0.29, 0.717) is 5.56 Å². The molecule has 0 unspecified atom stereocenters. The van der Waals surface area contributed by atoms with E-state index in [0.717, 1.165) is 43.4 Å². The second-order valence-corrected chi connectivity index (χ2v) is 8.31. The first-order valence-electron chi connectivity index (χ1n) is 9.94. The van der Waals surface area contributed by atoms with Crippen molar-refractivity contribution < 1.29 is 23.1 Å². The number of benzene rings is 2. The molecule has 154 valence electrons. The van der Waals surface area contributed by atoms with Crippen LogP contribution in [0.15, 0.2) is 54.6 Å². The number of carbonyl (C=O) groups excluding carboxylic acids is 1. The number of fused-ring (bicyclic) bond motifs is 2. The Morgan fingerprint density at radius 3 is 2.34 bits per heavy atom. The lowest BCUT2D eigenvalue weighted by atomic mass is 9.70. The van der Waals surface area contributed by atoms with Crippen LogP contribution in [-0.4, -0.2) is 34.6 Å². The number of nitrogens with zero attached hydrogens (tertiary/aromatic N) is 1. The molecule has 2 aromatic carbocycles. The fourth-order valence-corrected chi connectivity index (χ4v) is 5.16. The van der Waals surface area contributed by atoms with Gasteiger partial charge in [0.1, 0.15) is 0 Å². The maximum absolute atomic E-state index is 13.0. The number of hydrogen-bond acceptors (Lipinski definition) is 2. The lowest BCUT2D eigenvalue weighted by molar-refractivity contribution is -0.137. The minimum absolute atomic E-state index is 0.0210. The number of aliphatic hydroxyl groups is 1. The molecule has 2 saturated heterocycles. The lowest BCUT2D eigenvalue weighted by Gasteiger charge is -2.36. The summed E-state index contributed by atoms with van der Waals surface area (Å²) < 4.78 is 38.2. The van der Waals surface area contributed by atoms with Crippen molar-refractivity contribution in [2.24, 2.45) is 5.41 Å². The third-order valence-corrected chi connectivity index (χ3v) is 6.49. The van der Waals surface area contributed by atoms with E-state index < -0.39 is 11.7 Å². The molecule has 1 amide bonds. The van der Waals surface area contributed by atoms with Gasteiger partial charge in [0.25, 0.3) is 0 Å². The zero-order valence-corrected chi connectivity index (χ0v) is 16.0. The Morgan fingerprint density at radius 1 is 1.03 bits per heavy atom. The van der Waals surface area contributed by atoms with Gasteiger partial charge in [0, 0.05) is 17.5 Å². The van der Waals surface area contributed by atoms with Crippen LogP contribution < -0.4 is 0 Å². The summed E-state index contributed by atoms with van der Waals surface area (Å²) in [6, 6.07) is 14.8. The van der Waals surface area contributed by atoms with Crippen LogP contribution in [-0.2, 0) is 23.8 Å². The fourth-order valence-electron chi connectivity index (χ4n) is 5.16. The van der Waals surface area contributed by atoms with E-state index in [4.69, 9.17) is 0 Å². The second-order valence-electron chi connectivity index (χ2n) is 8.31. The smallest absolute Gasteiger partial charge is 0.396 e. The number of rotatable bonds is 5. The third-order valence-electron chi connectivity index (χ3n) is 6.49. The molecule has 4 rings (SSSR count). The highest BCUT2D eigenvalue weighted by Gasteiger charge is 2.56. The maximum atomic E-state index is 13.0. The summed E-state index contributed by atoms with van der Waals surface area (Å²) in [7, 11) is 0. The predicted octanol–water partition coefficient (Wildman–Crippen LogP) is 4.23. The molecule has 2 aliphatic rings. The third kappa shape index (κ3) is 3.78. The van der Waals surface area contributed by atoms with Crippen molar-refractivity contribution in [1.29, 1.82) is 0 Å². The van der Waals surface area contributed by atoms with Crippen molar-refractivity contribution in [2.45, 2.75) is 50.4 Å². The van der Waals surface area contributed by atoms with Gasteiger partial charge in [0.05, 0.1) is 18.6 Å². The van der Waals surface area contributed by atoms with Gasteiger partial charge in [0.2, 0.25) is 5.91 Å². The van der Waals surface area contributed by atoms with E-state index >= 15 is 0 Å². The highest BCUT2D eigenvalue weighted by Crippen LogP contribution is 2.51. The second kappa shape index (κ2) is 7.48. The monoisotopic (exact) mass is 403 g/mol. The zero-order chi connectivity index (χ0) is 20.6. The highest BCUT2D eigenvalue weighted by molar-refractivity contribution is 5.80. The Labute approximate surface area is 168 Å². The van der Waals surface area contributed by atoms with Gasteiger partial charge in [-0.2, -0.15) is 13.2 Å². The van der Waals surface area contributed by atoms with Crippen molar-refractivity contribution in [3.8, 4) is 0 Å². The molecule has 0 aromatic heterocycles. The topological polar surface area (TPSA) is 40.5 Å². The molecular weight excluding hydrogens is 379 g/mol. The van der Waals surface area contributed by atoms with Crippen LogP contribution in [0.5, 0.6) is 0 Å². The van der Waals surface area contributed by atoms with E-state index in [1.165, 1.54) is 12.1 Å². The van der Waals surface area contributed by atoms with E-state index in [1.807, 2.05) is 35.2 Å². The minimum Gasteiger partial charge on any atom is -0.396 e. The van der Waals surface area contributed by atoms with Crippen molar-refractivity contribution in [1.82, 2.24) is 4.90 Å². The van der Waals surface area contributed by atoms with Crippen molar-refractivity contribution in [3.05, 3.63) is 71.3 Å². The van der Waals surface area contributed by atoms with Crippen LogP contribution in [0.4, 0.5) is 13.2 Å². The van der Waals surface area contributed by atoms with Gasteiger partial charge in [0.15, 0.2) is 0 Å². The molecule has 2 fully saturated rings. The van der Waals surface area contributed by atoms with E-state index in [-0.39, 0.29) is 36.4 Å². The van der Waals surface area contributed by atoms with Crippen LogP contribution in [0.3, 0.4) is 0 Å². The van der Waals surface area contributed by atoms with Crippen LogP contribution >= 0.6 is 0 Å². The van der Waals surface area contributed by atoms with Crippen molar-refractivity contribution >= 4 is 5.91 Å². The van der Waals surface area contributed by atoms with E-state index in [9.17, 15) is 23.1 Å². The highest BCUT2D eigenvalue weighted by atomic mass is 19.4. The Hall–Kier alpha value is -2.34. The molecule has 2 heterocycles. The van der Waals surface area contributed by atoms with Crippen molar-refractivity contribution in [3.63, 3.8) is 0 Å². The summed E-state index contributed by atoms with van der Waals surface area (Å²) in [5.74, 6) is -0.0688. The van der Waals surface area contributed by atoms with E-state index in [2.05, 4.69) is 0 Å². The normalized spacial score (nSPS) is 26.1. The molecular formula is C23H24F3NO2. The summed E-state index contributed by atoms with van der Waals surface area (Å²) in [5, 5.41) is 10.3. The zero-order valence-electron chi connectivity index (χ0n) is 16.0. The van der Waals surface area contributed by atoms with Crippen LogP contribution in [0.2, 0.25) is 0 Å². The largest absolute Gasteiger partial charge is 0.416 e. The Balaban J connectivity index is 1.49. The Kier molecular flexibility index (Phi) is 5.15. The van der Waals surface area contributed by atoms with Gasteiger partial charge in [-0.25, -0.2) is 0 Å². The maximum Gasteiger partial charge on any atom is 0.416 e. The number of hydrogen-bond donors (Lipinski definition) is 1. The van der Waals surface area contributed by atoms with Crippen LogP contribution in [0, 0.1) is 5.41 Å². The summed E-state index contributed by atoms with van der Waals surface area (Å²) in [6.07, 6.45) is -1.04. The summed E-state index contributed by atoms with van der Waals surface area (Å²) in [5.41, 5.74) is 0.661. The van der Waals surface area contributed by atoms with Gasteiger partial charge in [-0.1, -0.05) is 42.5 Å². The molecule has 2 bridgehead atoms. The molecule has 0 aliphatic carbocycles. The molecule has 0 saturated carbocycles. The molecule has 0 spiro atoms. The first kappa shape index (κ1) is 20.0. The average molecular weight is 403 g/mol. The van der Waals surface area contributed by atoms with Gasteiger partial charge < -0.3 is 10.0 Å². The molecule has 3 atom stereocenters. The standard InChI is InChI=1S/C23H24F3NO2/c24-23(25,26)18-8-6-16(7-9-18)12-21(29)27-19-10-11-20(27)22(14-19,15-28)13-17-4-2-1-3-5-17/h1-9,19-20,28H,10-15H2/t19-,20+,22-/m0/s1. The van der Waals surface area contributed by atoms with E-state index in [1.54, 1.807) is 0 Å². The Bertz CT molecular complexity index is 866. The predicted molar refractivity (Wildman–Crippen MR) is 103 cm³/mol.